The second-order valence-electron chi connectivity index (χ2n) is 6.64. The zero-order valence-electron chi connectivity index (χ0n) is 15.0. The van der Waals surface area contributed by atoms with E-state index in [1.165, 1.54) is 28.6 Å². The van der Waals surface area contributed by atoms with Crippen LogP contribution in [0.1, 0.15) is 23.2 Å². The molecule has 0 unspecified atom stereocenters. The Morgan fingerprint density at radius 1 is 1.07 bits per heavy atom. The van der Waals surface area contributed by atoms with Crippen LogP contribution < -0.4 is 15.4 Å². The molecule has 8 nitrogen and oxygen atoms in total. The van der Waals surface area contributed by atoms with Crippen molar-refractivity contribution < 1.29 is 22.7 Å². The summed E-state index contributed by atoms with van der Waals surface area (Å²) in [7, 11) is -3.50. The summed E-state index contributed by atoms with van der Waals surface area (Å²) in [5, 5.41) is 5.42. The molecule has 146 valence electrons. The van der Waals surface area contributed by atoms with Gasteiger partial charge in [-0.1, -0.05) is 0 Å². The fraction of sp³-hybridized carbons (Fsp3) is 0.263. The first-order valence-corrected chi connectivity index (χ1v) is 10.4. The first-order valence-electron chi connectivity index (χ1n) is 8.92. The van der Waals surface area contributed by atoms with Gasteiger partial charge in [0.2, 0.25) is 10.0 Å². The van der Waals surface area contributed by atoms with Crippen LogP contribution in [0.2, 0.25) is 0 Å². The molecule has 2 aromatic rings. The molecule has 4 rings (SSSR count). The maximum atomic E-state index is 12.5. The Morgan fingerprint density at radius 3 is 2.50 bits per heavy atom. The molecule has 2 aliphatic rings. The summed E-state index contributed by atoms with van der Waals surface area (Å²) in [5.41, 5.74) is 1.40. The van der Waals surface area contributed by atoms with Gasteiger partial charge in [-0.2, -0.15) is 4.31 Å². The molecule has 0 radical (unpaired) electrons. The molecule has 2 aliphatic heterocycles. The number of nitrogens with one attached hydrogen (secondary N) is 2. The van der Waals surface area contributed by atoms with Gasteiger partial charge in [-0.25, -0.2) is 8.42 Å². The fourth-order valence-corrected chi connectivity index (χ4v) is 4.73. The van der Waals surface area contributed by atoms with E-state index in [-0.39, 0.29) is 23.3 Å². The van der Waals surface area contributed by atoms with Crippen molar-refractivity contribution in [1.29, 1.82) is 0 Å². The normalized spacial score (nSPS) is 16.8. The molecule has 0 aromatic heterocycles. The molecule has 1 fully saturated rings. The predicted octanol–water partition coefficient (Wildman–Crippen LogP) is 2.05. The molecule has 0 aliphatic carbocycles. The number of rotatable bonds is 4. The predicted molar refractivity (Wildman–Crippen MR) is 103 cm³/mol. The standard InChI is InChI=1S/C19H19N3O5S/c23-18-12-27-17-11-14(5-8-16(17)21-18)20-19(24)13-3-6-15(7-4-13)28(25,26)22-9-1-2-10-22/h3-8,11H,1-2,9-10,12H2,(H,20,24)(H,21,23). The molecule has 0 spiro atoms. The number of sulfonamides is 1. The number of carbonyl (C=O) groups excluding carboxylic acids is 2. The molecule has 0 bridgehead atoms. The van der Waals surface area contributed by atoms with Crippen molar-refractivity contribution >= 4 is 33.2 Å². The van der Waals surface area contributed by atoms with Crippen LogP contribution in [-0.4, -0.2) is 44.2 Å². The van der Waals surface area contributed by atoms with Gasteiger partial charge in [-0.3, -0.25) is 9.59 Å². The van der Waals surface area contributed by atoms with Gasteiger partial charge in [0.25, 0.3) is 11.8 Å². The topological polar surface area (TPSA) is 105 Å². The van der Waals surface area contributed by atoms with Crippen molar-refractivity contribution in [3.05, 3.63) is 48.0 Å². The highest BCUT2D eigenvalue weighted by Crippen LogP contribution is 2.30. The number of anilines is 2. The van der Waals surface area contributed by atoms with Crippen LogP contribution in [0.5, 0.6) is 5.75 Å². The van der Waals surface area contributed by atoms with Crippen molar-refractivity contribution in [2.75, 3.05) is 30.3 Å². The van der Waals surface area contributed by atoms with E-state index in [0.717, 1.165) is 12.8 Å². The van der Waals surface area contributed by atoms with Gasteiger partial charge < -0.3 is 15.4 Å². The van der Waals surface area contributed by atoms with Gasteiger partial charge in [0.05, 0.1) is 10.6 Å². The molecule has 1 saturated heterocycles. The second kappa shape index (κ2) is 7.25. The van der Waals surface area contributed by atoms with Gasteiger partial charge in [-0.05, 0) is 49.2 Å². The zero-order chi connectivity index (χ0) is 19.7. The van der Waals surface area contributed by atoms with Crippen LogP contribution in [0.3, 0.4) is 0 Å². The minimum Gasteiger partial charge on any atom is -0.482 e. The summed E-state index contributed by atoms with van der Waals surface area (Å²) < 4.78 is 31.9. The molecule has 2 heterocycles. The Morgan fingerprint density at radius 2 is 1.79 bits per heavy atom. The fourth-order valence-electron chi connectivity index (χ4n) is 3.21. The van der Waals surface area contributed by atoms with Crippen LogP contribution in [0.25, 0.3) is 0 Å². The lowest BCUT2D eigenvalue weighted by molar-refractivity contribution is -0.118. The monoisotopic (exact) mass is 401 g/mol. The molecule has 0 atom stereocenters. The van der Waals surface area contributed by atoms with Crippen LogP contribution in [0.15, 0.2) is 47.4 Å². The minimum atomic E-state index is -3.50. The second-order valence-corrected chi connectivity index (χ2v) is 8.58. The Labute approximate surface area is 162 Å². The third kappa shape index (κ3) is 3.58. The quantitative estimate of drug-likeness (QED) is 0.816. The molecular weight excluding hydrogens is 382 g/mol. The molecular formula is C19H19N3O5S. The van der Waals surface area contributed by atoms with Crippen molar-refractivity contribution in [3.63, 3.8) is 0 Å². The zero-order valence-corrected chi connectivity index (χ0v) is 15.8. The van der Waals surface area contributed by atoms with Crippen LogP contribution >= 0.6 is 0 Å². The van der Waals surface area contributed by atoms with E-state index in [9.17, 15) is 18.0 Å². The smallest absolute Gasteiger partial charge is 0.262 e. The van der Waals surface area contributed by atoms with Gasteiger partial charge in [0.15, 0.2) is 6.61 Å². The summed E-state index contributed by atoms with van der Waals surface area (Å²) in [6, 6.07) is 10.8. The van der Waals surface area contributed by atoms with E-state index >= 15 is 0 Å². The highest BCUT2D eigenvalue weighted by Gasteiger charge is 2.27. The third-order valence-electron chi connectivity index (χ3n) is 4.69. The highest BCUT2D eigenvalue weighted by molar-refractivity contribution is 7.89. The number of ether oxygens (including phenoxy) is 1. The van der Waals surface area contributed by atoms with Crippen molar-refractivity contribution in [2.24, 2.45) is 0 Å². The van der Waals surface area contributed by atoms with Crippen LogP contribution in [0, 0.1) is 0 Å². The van der Waals surface area contributed by atoms with Crippen LogP contribution in [-0.2, 0) is 14.8 Å². The average Bonchev–Trinajstić information content (AvgIpc) is 3.24. The number of nitrogens with zero attached hydrogens (tertiary/aromatic N) is 1. The van der Waals surface area contributed by atoms with Crippen molar-refractivity contribution in [1.82, 2.24) is 4.31 Å². The van der Waals surface area contributed by atoms with Crippen LogP contribution in [0.4, 0.5) is 11.4 Å². The molecule has 2 N–H and O–H groups in total. The largest absolute Gasteiger partial charge is 0.482 e. The summed E-state index contributed by atoms with van der Waals surface area (Å²) in [4.78, 5) is 24.0. The van der Waals surface area contributed by atoms with E-state index in [1.54, 1.807) is 18.2 Å². The summed E-state index contributed by atoms with van der Waals surface area (Å²) in [5.74, 6) is -0.123. The Kier molecular flexibility index (Phi) is 4.78. The molecule has 9 heteroatoms. The van der Waals surface area contributed by atoms with Gasteiger partial charge in [-0.15, -0.1) is 0 Å². The first kappa shape index (κ1) is 18.5. The molecule has 0 saturated carbocycles. The number of benzene rings is 2. The molecule has 28 heavy (non-hydrogen) atoms. The van der Waals surface area contributed by atoms with E-state index in [2.05, 4.69) is 10.6 Å². The van der Waals surface area contributed by atoms with E-state index in [0.29, 0.717) is 35.8 Å². The number of amides is 2. The lowest BCUT2D eigenvalue weighted by Gasteiger charge is -2.18. The van der Waals surface area contributed by atoms with E-state index in [4.69, 9.17) is 4.74 Å². The highest BCUT2D eigenvalue weighted by atomic mass is 32.2. The van der Waals surface area contributed by atoms with Crippen molar-refractivity contribution in [2.45, 2.75) is 17.7 Å². The Hall–Kier alpha value is -2.91. The number of hydrogen-bond acceptors (Lipinski definition) is 5. The maximum Gasteiger partial charge on any atom is 0.262 e. The van der Waals surface area contributed by atoms with Gasteiger partial charge in [0, 0.05) is 30.4 Å². The minimum absolute atomic E-state index is 0.0721. The Bertz CT molecular complexity index is 1030. The number of carbonyl (C=O) groups is 2. The molecule has 2 aromatic carbocycles. The van der Waals surface area contributed by atoms with E-state index in [1.807, 2.05) is 0 Å². The summed E-state index contributed by atoms with van der Waals surface area (Å²) >= 11 is 0. The lowest BCUT2D eigenvalue weighted by Crippen LogP contribution is -2.27. The third-order valence-corrected chi connectivity index (χ3v) is 6.60. The number of hydrogen-bond donors (Lipinski definition) is 2. The lowest BCUT2D eigenvalue weighted by atomic mass is 10.2. The van der Waals surface area contributed by atoms with Gasteiger partial charge >= 0.3 is 0 Å². The SMILES string of the molecule is O=C1COc2cc(NC(=O)c3ccc(S(=O)(=O)N4CCCC4)cc3)ccc2N1. The van der Waals surface area contributed by atoms with Gasteiger partial charge in [0.1, 0.15) is 5.75 Å². The van der Waals surface area contributed by atoms with Crippen molar-refractivity contribution in [3.8, 4) is 5.75 Å². The molecule has 2 amide bonds. The summed E-state index contributed by atoms with van der Waals surface area (Å²) in [6.07, 6.45) is 1.74. The Balaban J connectivity index is 1.47. The average molecular weight is 401 g/mol. The first-order chi connectivity index (χ1) is 13.4. The number of fused-ring (bicyclic) bond motifs is 1. The summed E-state index contributed by atoms with van der Waals surface area (Å²) in [6.45, 7) is 0.994. The van der Waals surface area contributed by atoms with E-state index < -0.39 is 10.0 Å². The maximum absolute atomic E-state index is 12.5.